The van der Waals surface area contributed by atoms with Crippen molar-refractivity contribution in [2.75, 3.05) is 11.9 Å². The normalized spacial score (nSPS) is 12.8. The van der Waals surface area contributed by atoms with E-state index in [0.717, 1.165) is 31.2 Å². The number of hydrogen-bond donors (Lipinski definition) is 2. The molecule has 0 bridgehead atoms. The fourth-order valence-corrected chi connectivity index (χ4v) is 5.39. The Morgan fingerprint density at radius 3 is 2.68 bits per heavy atom. The second kappa shape index (κ2) is 10.6. The first-order valence-corrected chi connectivity index (χ1v) is 12.2. The smallest absolute Gasteiger partial charge is 0.341 e. The van der Waals surface area contributed by atoms with E-state index in [0.29, 0.717) is 33.0 Å². The Morgan fingerprint density at radius 1 is 1.26 bits per heavy atom. The van der Waals surface area contributed by atoms with Crippen LogP contribution in [-0.2, 0) is 17.6 Å². The minimum Gasteiger partial charge on any atom is -0.490 e. The molecule has 0 aliphatic heterocycles. The molecule has 1 aliphatic rings. The third kappa shape index (κ3) is 5.84. The van der Waals surface area contributed by atoms with Crippen molar-refractivity contribution in [3.05, 3.63) is 44.2 Å². The zero-order valence-electron chi connectivity index (χ0n) is 17.7. The van der Waals surface area contributed by atoms with Crippen molar-refractivity contribution >= 4 is 61.5 Å². The van der Waals surface area contributed by atoms with Crippen molar-refractivity contribution < 1.29 is 19.1 Å². The number of fused-ring (bicyclic) bond motifs is 1. The molecule has 2 N–H and O–H groups in total. The van der Waals surface area contributed by atoms with Gasteiger partial charge in [0.15, 0.2) is 5.11 Å². The van der Waals surface area contributed by atoms with Crippen LogP contribution in [0.1, 0.15) is 64.8 Å². The number of hydrogen-bond acceptors (Lipinski definition) is 6. The molecule has 6 nitrogen and oxygen atoms in total. The maximum atomic E-state index is 12.7. The highest BCUT2D eigenvalue weighted by atomic mass is 79.9. The highest BCUT2D eigenvalue weighted by Gasteiger charge is 2.27. The lowest BCUT2D eigenvalue weighted by Gasteiger charge is -2.14. The van der Waals surface area contributed by atoms with Crippen molar-refractivity contribution in [3.63, 3.8) is 0 Å². The molecule has 1 aromatic heterocycles. The minimum atomic E-state index is -0.358. The summed E-state index contributed by atoms with van der Waals surface area (Å²) in [4.78, 5) is 26.4. The number of thiocarbonyl (C=S) groups is 1. The number of aryl methyl sites for hydroxylation is 1. The molecular weight excluding hydrogens is 500 g/mol. The van der Waals surface area contributed by atoms with Gasteiger partial charge in [0, 0.05) is 10.4 Å². The van der Waals surface area contributed by atoms with E-state index < -0.39 is 0 Å². The monoisotopic (exact) mass is 524 g/mol. The summed E-state index contributed by atoms with van der Waals surface area (Å²) in [5.74, 6) is -0.0491. The molecule has 166 valence electrons. The highest BCUT2D eigenvalue weighted by Crippen LogP contribution is 2.38. The Morgan fingerprint density at radius 2 is 2.00 bits per heavy atom. The van der Waals surface area contributed by atoms with Gasteiger partial charge in [0.1, 0.15) is 10.8 Å². The van der Waals surface area contributed by atoms with Crippen molar-refractivity contribution in [2.24, 2.45) is 0 Å². The van der Waals surface area contributed by atoms with Gasteiger partial charge >= 0.3 is 5.97 Å². The Hall–Kier alpha value is -1.97. The van der Waals surface area contributed by atoms with Crippen LogP contribution < -0.4 is 15.4 Å². The lowest BCUT2D eigenvalue weighted by atomic mass is 9.95. The predicted molar refractivity (Wildman–Crippen MR) is 131 cm³/mol. The Labute approximate surface area is 199 Å². The molecule has 0 saturated heterocycles. The van der Waals surface area contributed by atoms with Crippen LogP contribution in [0.15, 0.2) is 22.7 Å². The molecule has 0 fully saturated rings. The summed E-state index contributed by atoms with van der Waals surface area (Å²) in [6.45, 7) is 5.95. The lowest BCUT2D eigenvalue weighted by Crippen LogP contribution is -2.34. The van der Waals surface area contributed by atoms with E-state index in [-0.39, 0.29) is 23.1 Å². The number of carbonyl (C=O) groups is 2. The number of thiophene rings is 1. The van der Waals surface area contributed by atoms with Gasteiger partial charge in [-0.05, 0) is 98.4 Å². The quantitative estimate of drug-likeness (QED) is 0.384. The van der Waals surface area contributed by atoms with Crippen LogP contribution in [0.4, 0.5) is 5.00 Å². The van der Waals surface area contributed by atoms with Crippen LogP contribution in [0.5, 0.6) is 5.75 Å². The molecule has 9 heteroatoms. The van der Waals surface area contributed by atoms with Crippen LogP contribution in [-0.4, -0.2) is 29.7 Å². The maximum absolute atomic E-state index is 12.7. The first-order valence-electron chi connectivity index (χ1n) is 10.2. The summed E-state index contributed by atoms with van der Waals surface area (Å²) >= 11 is 10.3. The molecule has 0 atom stereocenters. The van der Waals surface area contributed by atoms with Gasteiger partial charge < -0.3 is 14.8 Å². The van der Waals surface area contributed by atoms with E-state index >= 15 is 0 Å². The zero-order chi connectivity index (χ0) is 22.5. The van der Waals surface area contributed by atoms with Gasteiger partial charge in [-0.15, -0.1) is 11.3 Å². The Kier molecular flexibility index (Phi) is 8.07. The molecular formula is C22H25BrN2O4S2. The molecule has 2 aromatic rings. The SMILES string of the molecule is CCOC(=O)c1c(NC(=S)NC(=O)c2ccc(OC(C)C)c(Br)c2)sc2c1CCCC2. The van der Waals surface area contributed by atoms with Crippen molar-refractivity contribution in [2.45, 2.75) is 52.6 Å². The fourth-order valence-electron chi connectivity index (χ4n) is 3.37. The van der Waals surface area contributed by atoms with Gasteiger partial charge in [0.05, 0.1) is 22.7 Å². The summed E-state index contributed by atoms with van der Waals surface area (Å²) in [6, 6.07) is 5.10. The van der Waals surface area contributed by atoms with E-state index in [4.69, 9.17) is 21.7 Å². The predicted octanol–water partition coefficient (Wildman–Crippen LogP) is 5.48. The van der Waals surface area contributed by atoms with Gasteiger partial charge in [0.25, 0.3) is 5.91 Å². The number of anilines is 1. The van der Waals surface area contributed by atoms with Gasteiger partial charge in [-0.1, -0.05) is 0 Å². The summed E-state index contributed by atoms with van der Waals surface area (Å²) in [6.07, 6.45) is 3.95. The third-order valence-electron chi connectivity index (χ3n) is 4.66. The van der Waals surface area contributed by atoms with Gasteiger partial charge in [-0.3, -0.25) is 10.1 Å². The maximum Gasteiger partial charge on any atom is 0.341 e. The molecule has 1 amide bonds. The summed E-state index contributed by atoms with van der Waals surface area (Å²) in [5, 5.41) is 6.48. The van der Waals surface area contributed by atoms with Gasteiger partial charge in [-0.25, -0.2) is 4.79 Å². The lowest BCUT2D eigenvalue weighted by molar-refractivity contribution is 0.0526. The zero-order valence-corrected chi connectivity index (χ0v) is 20.9. The van der Waals surface area contributed by atoms with Gasteiger partial charge in [0.2, 0.25) is 0 Å². The summed E-state index contributed by atoms with van der Waals surface area (Å²) in [5.41, 5.74) is 2.01. The van der Waals surface area contributed by atoms with E-state index in [2.05, 4.69) is 26.6 Å². The van der Waals surface area contributed by atoms with E-state index in [9.17, 15) is 9.59 Å². The number of benzene rings is 1. The molecule has 0 saturated carbocycles. The number of carbonyl (C=O) groups excluding carboxylic acids is 2. The van der Waals surface area contributed by atoms with Crippen molar-refractivity contribution in [1.82, 2.24) is 5.32 Å². The molecule has 0 radical (unpaired) electrons. The number of ether oxygens (including phenoxy) is 2. The molecule has 0 unspecified atom stereocenters. The first kappa shape index (κ1) is 23.7. The number of rotatable bonds is 6. The van der Waals surface area contributed by atoms with Gasteiger partial charge in [-0.2, -0.15) is 0 Å². The Bertz CT molecular complexity index is 1000. The highest BCUT2D eigenvalue weighted by molar-refractivity contribution is 9.10. The molecule has 3 rings (SSSR count). The molecule has 31 heavy (non-hydrogen) atoms. The van der Waals surface area contributed by atoms with E-state index in [1.54, 1.807) is 25.1 Å². The molecule has 1 aliphatic carbocycles. The number of amides is 1. The van der Waals surface area contributed by atoms with Crippen molar-refractivity contribution in [1.29, 1.82) is 0 Å². The largest absolute Gasteiger partial charge is 0.490 e. The summed E-state index contributed by atoms with van der Waals surface area (Å²) < 4.78 is 11.6. The average Bonchev–Trinajstić information content (AvgIpc) is 3.06. The minimum absolute atomic E-state index is 0.0259. The van der Waals surface area contributed by atoms with Crippen LogP contribution in [0.3, 0.4) is 0 Å². The van der Waals surface area contributed by atoms with Crippen LogP contribution in [0.2, 0.25) is 0 Å². The van der Waals surface area contributed by atoms with E-state index in [1.165, 1.54) is 16.2 Å². The van der Waals surface area contributed by atoms with E-state index in [1.807, 2.05) is 13.8 Å². The fraction of sp³-hybridized carbons (Fsp3) is 0.409. The second-order valence-corrected chi connectivity index (χ2v) is 9.72. The molecule has 1 heterocycles. The first-order chi connectivity index (χ1) is 14.8. The topological polar surface area (TPSA) is 76.7 Å². The van der Waals surface area contributed by atoms with Crippen LogP contribution in [0.25, 0.3) is 0 Å². The molecule has 0 spiro atoms. The number of esters is 1. The Balaban J connectivity index is 1.73. The number of nitrogens with one attached hydrogen (secondary N) is 2. The van der Waals surface area contributed by atoms with Crippen LogP contribution in [0, 0.1) is 0 Å². The second-order valence-electron chi connectivity index (χ2n) is 7.36. The third-order valence-corrected chi connectivity index (χ3v) is 6.69. The van der Waals surface area contributed by atoms with Crippen LogP contribution >= 0.6 is 39.5 Å². The average molecular weight is 525 g/mol. The molecule has 1 aromatic carbocycles. The summed E-state index contributed by atoms with van der Waals surface area (Å²) in [7, 11) is 0. The standard InChI is InChI=1S/C22H25BrN2O4S2/c1-4-28-21(27)18-14-7-5-6-8-17(14)31-20(18)25-22(30)24-19(26)13-9-10-16(15(23)11-13)29-12(2)3/h9-12H,4-8H2,1-3H3,(H2,24,25,26,30). The number of halogens is 1. The van der Waals surface area contributed by atoms with Crippen molar-refractivity contribution in [3.8, 4) is 5.75 Å².